The van der Waals surface area contributed by atoms with Crippen LogP contribution >= 0.6 is 0 Å². The molecule has 366 valence electrons. The van der Waals surface area contributed by atoms with Gasteiger partial charge in [0.2, 0.25) is 11.8 Å². The minimum absolute atomic E-state index is 0.0320. The fourth-order valence-corrected chi connectivity index (χ4v) is 8.76. The molecule has 0 saturated carbocycles. The van der Waals surface area contributed by atoms with Gasteiger partial charge in [0, 0.05) is 67.5 Å². The number of carbonyl (C=O) groups is 4. The van der Waals surface area contributed by atoms with E-state index in [1.807, 2.05) is 83.4 Å². The number of fused-ring (bicyclic) bond motifs is 4. The van der Waals surface area contributed by atoms with Gasteiger partial charge in [-0.25, -0.2) is 0 Å². The second-order valence-corrected chi connectivity index (χ2v) is 19.1. The highest BCUT2D eigenvalue weighted by Crippen LogP contribution is 2.42. The molecule has 0 fully saturated rings. The van der Waals surface area contributed by atoms with Crippen molar-refractivity contribution in [3.8, 4) is 28.7 Å². The predicted molar refractivity (Wildman–Crippen MR) is 270 cm³/mol. The molecule has 0 aromatic heterocycles. The van der Waals surface area contributed by atoms with Crippen molar-refractivity contribution in [2.24, 2.45) is 15.9 Å². The zero-order chi connectivity index (χ0) is 49.9. The highest BCUT2D eigenvalue weighted by atomic mass is 16.5. The number of anilines is 1. The lowest BCUT2D eigenvalue weighted by Crippen LogP contribution is -2.56. The Morgan fingerprint density at radius 2 is 1.16 bits per heavy atom. The van der Waals surface area contributed by atoms with Crippen LogP contribution in [-0.2, 0) is 9.59 Å². The van der Waals surface area contributed by atoms with Crippen LogP contribution in [0.5, 0.6) is 28.7 Å². The van der Waals surface area contributed by atoms with Crippen LogP contribution in [0.3, 0.4) is 0 Å². The number of carbonyl (C=O) groups excluding carboxylic acids is 4. The maximum absolute atomic E-state index is 14.0. The summed E-state index contributed by atoms with van der Waals surface area (Å²) in [7, 11) is 4.68. The summed E-state index contributed by atoms with van der Waals surface area (Å²) in [6.45, 7) is 12.1. The van der Waals surface area contributed by atoms with E-state index in [0.717, 1.165) is 28.0 Å². The van der Waals surface area contributed by atoms with E-state index in [2.05, 4.69) is 16.0 Å². The van der Waals surface area contributed by atoms with Crippen molar-refractivity contribution < 1.29 is 42.9 Å². The van der Waals surface area contributed by atoms with E-state index in [0.29, 0.717) is 70.4 Å². The maximum atomic E-state index is 14.0. The monoisotopic (exact) mass is 951 g/mol. The van der Waals surface area contributed by atoms with Gasteiger partial charge in [-0.05, 0) is 92.3 Å². The predicted octanol–water partition coefficient (Wildman–Crippen LogP) is 8.36. The van der Waals surface area contributed by atoms with Crippen LogP contribution in [0.25, 0.3) is 11.1 Å². The second kappa shape index (κ2) is 20.6. The van der Waals surface area contributed by atoms with Gasteiger partial charge >= 0.3 is 0 Å². The van der Waals surface area contributed by atoms with E-state index in [-0.39, 0.29) is 60.4 Å². The van der Waals surface area contributed by atoms with Gasteiger partial charge < -0.3 is 49.4 Å². The fraction of sp³-hybridized carbons (Fsp3) is 0.370. The first kappa shape index (κ1) is 49.0. The third kappa shape index (κ3) is 10.7. The Labute approximate surface area is 408 Å². The Hall–Kier alpha value is -7.46. The molecule has 8 rings (SSSR count). The maximum Gasteiger partial charge on any atom is 0.260 e. The van der Waals surface area contributed by atoms with E-state index < -0.39 is 12.1 Å². The third-order valence-electron chi connectivity index (χ3n) is 12.5. The molecule has 3 N–H and O–H groups in total. The molecule has 16 heteroatoms. The number of ether oxygens (including phenoxy) is 5. The fourth-order valence-electron chi connectivity index (χ4n) is 8.76. The van der Waals surface area contributed by atoms with E-state index >= 15 is 0 Å². The number of rotatable bonds is 17. The number of hydrogen-bond donors (Lipinski definition) is 3. The van der Waals surface area contributed by atoms with Gasteiger partial charge in [0.25, 0.3) is 11.8 Å². The minimum atomic E-state index is -0.755. The molecule has 0 bridgehead atoms. The Kier molecular flexibility index (Phi) is 14.4. The molecule has 4 aromatic rings. The average molecular weight is 952 g/mol. The van der Waals surface area contributed by atoms with Gasteiger partial charge in [0.05, 0.1) is 75.2 Å². The van der Waals surface area contributed by atoms with Crippen molar-refractivity contribution in [1.29, 1.82) is 0 Å². The van der Waals surface area contributed by atoms with Crippen molar-refractivity contribution in [3.05, 3.63) is 107 Å². The molecule has 4 aliphatic heterocycles. The van der Waals surface area contributed by atoms with Gasteiger partial charge in [-0.1, -0.05) is 38.1 Å². The van der Waals surface area contributed by atoms with Crippen molar-refractivity contribution in [1.82, 2.24) is 20.4 Å². The molecule has 4 heterocycles. The molecule has 4 aliphatic rings. The Bertz CT molecular complexity index is 2780. The van der Waals surface area contributed by atoms with Crippen molar-refractivity contribution >= 4 is 64.3 Å². The van der Waals surface area contributed by atoms with E-state index in [1.165, 1.54) is 14.2 Å². The number of benzene rings is 4. The first-order chi connectivity index (χ1) is 33.5. The molecule has 4 atom stereocenters. The van der Waals surface area contributed by atoms with E-state index in [9.17, 15) is 19.2 Å². The SMILES string of the molecule is COc1ccc(C2=CN3C(=O)c4cc(OC)c(OCCCOc5cc6c(cc5OC)C(=O)N5C=C(c7ccc(NC(=O)[C@H](C)NC(=O)[C@@H](NC(C)(C)C)C(C)C)cc7)C[C@H]5C=N6)cc4N=C[C@@H]3C2)cc1. The Balaban J connectivity index is 0.852. The van der Waals surface area contributed by atoms with Crippen LogP contribution in [-0.4, -0.2) is 110 Å². The summed E-state index contributed by atoms with van der Waals surface area (Å²) in [5, 5.41) is 9.08. The van der Waals surface area contributed by atoms with Gasteiger partial charge in [-0.2, -0.15) is 0 Å². The Morgan fingerprint density at radius 1 is 0.671 bits per heavy atom. The molecular formula is C54H61N7O9. The molecule has 0 saturated heterocycles. The summed E-state index contributed by atoms with van der Waals surface area (Å²) >= 11 is 0. The number of methoxy groups -OCH3 is 3. The summed E-state index contributed by atoms with van der Waals surface area (Å²) in [6, 6.07) is 20.2. The number of nitrogens with zero attached hydrogens (tertiary/aromatic N) is 4. The molecule has 4 aromatic carbocycles. The van der Waals surface area contributed by atoms with Crippen LogP contribution in [0.4, 0.5) is 17.1 Å². The summed E-state index contributed by atoms with van der Waals surface area (Å²) in [6.07, 6.45) is 8.97. The zero-order valence-electron chi connectivity index (χ0n) is 41.1. The molecule has 0 spiro atoms. The molecule has 16 nitrogen and oxygen atoms in total. The van der Waals surface area contributed by atoms with Gasteiger partial charge in [0.1, 0.15) is 11.8 Å². The quantitative estimate of drug-likeness (QED) is 0.0871. The summed E-state index contributed by atoms with van der Waals surface area (Å²) in [5.41, 5.74) is 5.97. The number of hydrogen-bond acceptors (Lipinski definition) is 12. The van der Waals surface area contributed by atoms with Gasteiger partial charge in [0.15, 0.2) is 23.0 Å². The number of amides is 4. The number of nitrogens with one attached hydrogen (secondary N) is 3. The number of aliphatic imine (C=N–C) groups is 2. The van der Waals surface area contributed by atoms with E-state index in [4.69, 9.17) is 33.7 Å². The summed E-state index contributed by atoms with van der Waals surface area (Å²) < 4.78 is 29.0. The lowest BCUT2D eigenvalue weighted by Gasteiger charge is -2.31. The second-order valence-electron chi connectivity index (χ2n) is 19.1. The van der Waals surface area contributed by atoms with Crippen molar-refractivity contribution in [2.75, 3.05) is 39.9 Å². The van der Waals surface area contributed by atoms with Crippen LogP contribution in [0.15, 0.2) is 95.2 Å². The van der Waals surface area contributed by atoms with Crippen LogP contribution in [0.2, 0.25) is 0 Å². The molecule has 70 heavy (non-hydrogen) atoms. The molecule has 4 amide bonds. The highest BCUT2D eigenvalue weighted by molar-refractivity contribution is 6.06. The van der Waals surface area contributed by atoms with Gasteiger partial charge in [-0.15, -0.1) is 0 Å². The molecule has 0 unspecified atom stereocenters. The van der Waals surface area contributed by atoms with Crippen LogP contribution in [0.1, 0.15) is 92.6 Å². The largest absolute Gasteiger partial charge is 0.497 e. The topological polar surface area (TPSA) is 182 Å². The van der Waals surface area contributed by atoms with E-state index in [1.54, 1.807) is 72.7 Å². The van der Waals surface area contributed by atoms with Gasteiger partial charge in [-0.3, -0.25) is 29.2 Å². The summed E-state index contributed by atoms with van der Waals surface area (Å²) in [4.78, 5) is 66.9. The van der Waals surface area contributed by atoms with Crippen molar-refractivity contribution in [2.45, 2.75) is 90.5 Å². The molecule has 0 aliphatic carbocycles. The Morgan fingerprint density at radius 3 is 1.60 bits per heavy atom. The minimum Gasteiger partial charge on any atom is -0.497 e. The third-order valence-corrected chi connectivity index (χ3v) is 12.5. The standard InChI is InChI=1S/C54H61N7O9/c1-31(2)49(59-54(4,5)6)51(63)57-32(3)50(62)58-37-15-11-33(12-16-37)35-21-38-27-55-43-25-47(45(67-8)23-41(43)52(64)60(38)29-35)69-19-10-20-70-48-26-44-42(24-46(48)68-9)53(65)61-30-36(22-39(61)28-56-44)34-13-17-40(66-7)18-14-34/h11-18,23-32,38-39,49,59H,10,19-22H2,1-9H3,(H,57,63)(H,58,62)/t32-,38-,39-,49-/m0/s1. The van der Waals surface area contributed by atoms with Crippen LogP contribution < -0.4 is 39.6 Å². The first-order valence-electron chi connectivity index (χ1n) is 23.5. The lowest BCUT2D eigenvalue weighted by atomic mass is 9.98. The highest BCUT2D eigenvalue weighted by Gasteiger charge is 2.36. The first-order valence-corrected chi connectivity index (χ1v) is 23.5. The lowest BCUT2D eigenvalue weighted by molar-refractivity contribution is -0.128. The normalized spacial score (nSPS) is 17.8. The summed E-state index contributed by atoms with van der Waals surface area (Å²) in [5.74, 6) is 1.53. The zero-order valence-corrected chi connectivity index (χ0v) is 41.1. The average Bonchev–Trinajstić information content (AvgIpc) is 3.93. The smallest absolute Gasteiger partial charge is 0.260 e. The van der Waals surface area contributed by atoms with Crippen LogP contribution in [0, 0.1) is 5.92 Å². The molecule has 0 radical (unpaired) electrons. The molecular weight excluding hydrogens is 891 g/mol. The van der Waals surface area contributed by atoms with Crippen molar-refractivity contribution in [3.63, 3.8) is 0 Å².